The number of carbonyl (C=O) groups excluding carboxylic acids is 3. The number of hydrogen-bond acceptors (Lipinski definition) is 13. The lowest BCUT2D eigenvalue weighted by Gasteiger charge is -2.51. The van der Waals surface area contributed by atoms with Gasteiger partial charge in [0.25, 0.3) is 0 Å². The van der Waals surface area contributed by atoms with Crippen molar-refractivity contribution in [2.45, 2.75) is 116 Å². The zero-order valence-corrected chi connectivity index (χ0v) is 30.5. The maximum Gasteiger partial charge on any atom is 0.330 e. The average molecular weight is 719 g/mol. The van der Waals surface area contributed by atoms with Gasteiger partial charge in [-0.3, -0.25) is 9.59 Å². The highest BCUT2D eigenvalue weighted by Crippen LogP contribution is 2.46. The van der Waals surface area contributed by atoms with Gasteiger partial charge >= 0.3 is 23.9 Å². The Labute approximate surface area is 291 Å². The Morgan fingerprint density at radius 2 is 1.86 bits per heavy atom. The first-order chi connectivity index (χ1) is 23.1. The van der Waals surface area contributed by atoms with Crippen LogP contribution in [0.5, 0.6) is 0 Å². The van der Waals surface area contributed by atoms with Crippen molar-refractivity contribution in [1.82, 2.24) is 0 Å². The van der Waals surface area contributed by atoms with E-state index in [0.29, 0.717) is 13.0 Å². The maximum atomic E-state index is 12.6. The first kappa shape index (κ1) is 44.3. The van der Waals surface area contributed by atoms with Crippen molar-refractivity contribution in [3.8, 4) is 0 Å². The maximum absolute atomic E-state index is 12.6. The number of carboxylic acids is 1. The monoisotopic (exact) mass is 718 g/mol. The molecular formula is C34H55O14P. The second-order valence-corrected chi connectivity index (χ2v) is 13.1. The van der Waals surface area contributed by atoms with Gasteiger partial charge in [-0.1, -0.05) is 39.8 Å². The van der Waals surface area contributed by atoms with Crippen molar-refractivity contribution in [2.75, 3.05) is 33.5 Å². The highest BCUT2D eigenvalue weighted by atomic mass is 31.1. The van der Waals surface area contributed by atoms with E-state index in [2.05, 4.69) is 13.5 Å². The summed E-state index contributed by atoms with van der Waals surface area (Å²) < 4.78 is 39.4. The van der Waals surface area contributed by atoms with Gasteiger partial charge < -0.3 is 48.3 Å². The number of hydrogen-bond donors (Lipinski definition) is 3. The lowest BCUT2D eigenvalue weighted by atomic mass is 9.74. The third kappa shape index (κ3) is 16.2. The molecule has 0 amide bonds. The minimum atomic E-state index is -2.27. The SMILES string of the molecule is C=CPO[C@H](CC1C/C(=C\C(=O)OC)[C@H](OC(C)=O)[C@](O)(C(C)(C)/C=C/C(=O)OCCCOCC[C@@H](O)CC(=O)O)O1)[C@@H](C)OCCCC. The van der Waals surface area contributed by atoms with E-state index < -0.39 is 59.5 Å². The Morgan fingerprint density at radius 3 is 2.47 bits per heavy atom. The fourth-order valence-corrected chi connectivity index (χ4v) is 5.48. The van der Waals surface area contributed by atoms with E-state index in [0.717, 1.165) is 18.9 Å². The van der Waals surface area contributed by atoms with Crippen molar-refractivity contribution in [2.24, 2.45) is 5.41 Å². The van der Waals surface area contributed by atoms with Crippen molar-refractivity contribution in [3.05, 3.63) is 36.2 Å². The third-order valence-corrected chi connectivity index (χ3v) is 8.34. The third-order valence-electron chi connectivity index (χ3n) is 7.73. The smallest absolute Gasteiger partial charge is 0.330 e. The molecule has 1 rings (SSSR count). The molecule has 0 aliphatic carbocycles. The van der Waals surface area contributed by atoms with Crippen LogP contribution in [0.15, 0.2) is 36.2 Å². The molecule has 0 aromatic rings. The molecule has 15 heteroatoms. The molecule has 1 aliphatic heterocycles. The van der Waals surface area contributed by atoms with Gasteiger partial charge in [-0.2, -0.15) is 0 Å². The van der Waals surface area contributed by atoms with Crippen LogP contribution in [0.25, 0.3) is 0 Å². The average Bonchev–Trinajstić information content (AvgIpc) is 3.02. The molecule has 2 unspecified atom stereocenters. The molecule has 1 fully saturated rings. The predicted octanol–water partition coefficient (Wildman–Crippen LogP) is 3.97. The Hall–Kier alpha value is -2.71. The first-order valence-corrected chi connectivity index (χ1v) is 17.4. The van der Waals surface area contributed by atoms with E-state index in [9.17, 15) is 29.4 Å². The summed E-state index contributed by atoms with van der Waals surface area (Å²) in [6.45, 7) is 12.9. The molecule has 0 aromatic carbocycles. The molecule has 1 aliphatic rings. The van der Waals surface area contributed by atoms with Crippen molar-refractivity contribution < 1.29 is 67.4 Å². The summed E-state index contributed by atoms with van der Waals surface area (Å²) in [5.41, 5.74) is -1.15. The molecule has 49 heavy (non-hydrogen) atoms. The zero-order valence-electron chi connectivity index (χ0n) is 29.5. The van der Waals surface area contributed by atoms with Crippen LogP contribution in [-0.2, 0) is 52.1 Å². The van der Waals surface area contributed by atoms with Crippen molar-refractivity contribution in [3.63, 3.8) is 0 Å². The van der Waals surface area contributed by atoms with Gasteiger partial charge in [0.1, 0.15) is 0 Å². The molecule has 7 atom stereocenters. The normalized spacial score (nSPS) is 22.6. The van der Waals surface area contributed by atoms with Gasteiger partial charge in [-0.05, 0) is 37.6 Å². The molecule has 1 heterocycles. The van der Waals surface area contributed by atoms with E-state index >= 15 is 0 Å². The van der Waals surface area contributed by atoms with Gasteiger partial charge in [-0.25, -0.2) is 9.59 Å². The number of aliphatic carboxylic acids is 1. The van der Waals surface area contributed by atoms with E-state index in [1.807, 2.05) is 6.92 Å². The molecule has 3 N–H and O–H groups in total. The van der Waals surface area contributed by atoms with E-state index in [-0.39, 0.29) is 66.0 Å². The van der Waals surface area contributed by atoms with Crippen LogP contribution in [0.4, 0.5) is 0 Å². The number of ether oxygens (including phenoxy) is 6. The molecule has 0 spiro atoms. The topological polar surface area (TPSA) is 194 Å². The summed E-state index contributed by atoms with van der Waals surface area (Å²) in [6.07, 6.45) is 1.98. The van der Waals surface area contributed by atoms with E-state index in [1.54, 1.807) is 19.7 Å². The molecule has 0 radical (unpaired) electrons. The molecule has 280 valence electrons. The highest BCUT2D eigenvalue weighted by molar-refractivity contribution is 7.36. The van der Waals surface area contributed by atoms with E-state index in [1.165, 1.54) is 26.2 Å². The number of methoxy groups -OCH3 is 1. The van der Waals surface area contributed by atoms with Gasteiger partial charge in [0, 0.05) is 66.0 Å². The number of unbranched alkanes of at least 4 members (excludes halogenated alkanes) is 1. The number of aliphatic hydroxyl groups excluding tert-OH is 1. The second-order valence-electron chi connectivity index (χ2n) is 12.2. The summed E-state index contributed by atoms with van der Waals surface area (Å²) in [4.78, 5) is 47.9. The molecule has 0 aromatic heterocycles. The Balaban J connectivity index is 3.17. The quantitative estimate of drug-likeness (QED) is 0.0427. The van der Waals surface area contributed by atoms with Crippen molar-refractivity contribution in [1.29, 1.82) is 0 Å². The molecule has 14 nitrogen and oxygen atoms in total. The fourth-order valence-electron chi connectivity index (χ4n) is 4.92. The number of rotatable bonds is 24. The number of carboxylic acid groups (broad SMARTS) is 1. The standard InChI is InChI=1S/C34H55O14P/c1-8-10-16-44-23(3)28(48-49-9-2)22-27-19-25(20-31(40)42-7)32(46-24(4)35)34(41,47-27)33(5,6)14-12-30(39)45-17-11-15-43-18-13-26(36)21-29(37)38/h9,12,14,20,23,26-28,32,36,41,49H,2,8,10-11,13,15-19,21-22H2,1,3-7H3,(H,37,38)/b14-12+,25-20+/t23-,26-,27?,28-,32+,34-/m1/s1. The number of carbonyl (C=O) groups is 4. The zero-order chi connectivity index (χ0) is 37.0. The lowest BCUT2D eigenvalue weighted by Crippen LogP contribution is -2.62. The molecule has 1 saturated heterocycles. The molecule has 0 saturated carbocycles. The van der Waals surface area contributed by atoms with Gasteiger partial charge in [0.05, 0.1) is 44.6 Å². The van der Waals surface area contributed by atoms with Gasteiger partial charge in [0.15, 0.2) is 6.10 Å². The summed E-state index contributed by atoms with van der Waals surface area (Å²) in [5, 5.41) is 30.5. The summed E-state index contributed by atoms with van der Waals surface area (Å²) in [7, 11) is 1.18. The molecular weight excluding hydrogens is 663 g/mol. The number of esters is 3. The van der Waals surface area contributed by atoms with Gasteiger partial charge in [0.2, 0.25) is 5.79 Å². The fraction of sp³-hybridized carbons (Fsp3) is 0.706. The van der Waals surface area contributed by atoms with Crippen LogP contribution in [-0.4, -0.2) is 109 Å². The Kier molecular flexibility index (Phi) is 20.7. The Morgan fingerprint density at radius 1 is 1.14 bits per heavy atom. The van der Waals surface area contributed by atoms with Crippen LogP contribution >= 0.6 is 8.81 Å². The molecule has 0 bridgehead atoms. The summed E-state index contributed by atoms with van der Waals surface area (Å²) in [5.74, 6) is -3.89. The first-order valence-electron chi connectivity index (χ1n) is 16.4. The van der Waals surface area contributed by atoms with Gasteiger partial charge in [-0.15, -0.1) is 0 Å². The predicted molar refractivity (Wildman–Crippen MR) is 181 cm³/mol. The minimum absolute atomic E-state index is 0.0114. The second kappa shape index (κ2) is 22.9. The largest absolute Gasteiger partial charge is 0.481 e. The Bertz CT molecular complexity index is 1120. The van der Waals surface area contributed by atoms with E-state index in [4.69, 9.17) is 38.1 Å². The lowest BCUT2D eigenvalue weighted by molar-refractivity contribution is -0.327. The summed E-state index contributed by atoms with van der Waals surface area (Å²) in [6, 6.07) is 0. The van der Waals surface area contributed by atoms with Crippen LogP contribution in [0.3, 0.4) is 0 Å². The highest BCUT2D eigenvalue weighted by Gasteiger charge is 2.57. The van der Waals surface area contributed by atoms with Crippen LogP contribution in [0.1, 0.15) is 79.6 Å². The van der Waals surface area contributed by atoms with Crippen molar-refractivity contribution >= 4 is 32.7 Å². The van der Waals surface area contributed by atoms with Crippen LogP contribution < -0.4 is 0 Å². The number of aliphatic hydroxyl groups is 2. The minimum Gasteiger partial charge on any atom is -0.481 e. The van der Waals surface area contributed by atoms with Crippen LogP contribution in [0.2, 0.25) is 0 Å². The van der Waals surface area contributed by atoms with Crippen LogP contribution in [0, 0.1) is 5.41 Å². The summed E-state index contributed by atoms with van der Waals surface area (Å²) >= 11 is 0.